The van der Waals surface area contributed by atoms with Crippen LogP contribution >= 0.6 is 0 Å². The number of hydrogen-bond donors (Lipinski definition) is 4. The first-order valence-electron chi connectivity index (χ1n) is 7.93. The number of nitrogens with one attached hydrogen (secondary N) is 3. The van der Waals surface area contributed by atoms with Gasteiger partial charge in [-0.25, -0.2) is 9.37 Å². The zero-order valence-corrected chi connectivity index (χ0v) is 14.4. The van der Waals surface area contributed by atoms with Crippen LogP contribution in [0.15, 0.2) is 48.7 Å². The molecule has 2 aromatic carbocycles. The summed E-state index contributed by atoms with van der Waals surface area (Å²) in [6.07, 6.45) is 1.06. The number of nitrogens with zero attached hydrogens (tertiary/aromatic N) is 2. The van der Waals surface area contributed by atoms with Crippen LogP contribution in [0, 0.1) is 5.82 Å². The third-order valence-electron chi connectivity index (χ3n) is 3.57. The predicted molar refractivity (Wildman–Crippen MR) is 102 cm³/mol. The third-order valence-corrected chi connectivity index (χ3v) is 3.57. The molecule has 0 aliphatic carbocycles. The molecule has 0 unspecified atom stereocenters. The fraction of sp³-hybridized carbons (Fsp3) is 0.0556. The lowest BCUT2D eigenvalue weighted by Crippen LogP contribution is -2.04. The van der Waals surface area contributed by atoms with Gasteiger partial charge in [-0.1, -0.05) is 6.07 Å². The van der Waals surface area contributed by atoms with Gasteiger partial charge in [0, 0.05) is 24.1 Å². The molecule has 0 spiro atoms. The number of nitrogens with two attached hydrogens (primary N) is 1. The minimum Gasteiger partial charge on any atom is -0.427 e. The van der Waals surface area contributed by atoms with Crippen LogP contribution in [0.25, 0.3) is 0 Å². The Morgan fingerprint density at radius 1 is 1.15 bits per heavy atom. The van der Waals surface area contributed by atoms with Gasteiger partial charge in [-0.3, -0.25) is 4.79 Å². The fourth-order valence-electron chi connectivity index (χ4n) is 2.35. The second-order valence-electron chi connectivity index (χ2n) is 5.44. The summed E-state index contributed by atoms with van der Waals surface area (Å²) >= 11 is 0. The van der Waals surface area contributed by atoms with Crippen molar-refractivity contribution < 1.29 is 13.9 Å². The lowest BCUT2D eigenvalue weighted by Gasteiger charge is -2.12. The average Bonchev–Trinajstić information content (AvgIpc) is 2.66. The number of benzene rings is 2. The van der Waals surface area contributed by atoms with E-state index in [0.29, 0.717) is 35.0 Å². The van der Waals surface area contributed by atoms with Gasteiger partial charge in [-0.05, 0) is 36.4 Å². The Hall–Kier alpha value is -3.88. The highest BCUT2D eigenvalue weighted by Gasteiger charge is 2.09. The number of nitrogen functional groups attached to an aromatic ring is 1. The van der Waals surface area contributed by atoms with E-state index in [9.17, 15) is 9.18 Å². The lowest BCUT2D eigenvalue weighted by atomic mass is 10.2. The molecule has 1 aromatic heterocycles. The predicted octanol–water partition coefficient (Wildman–Crippen LogP) is 3.26. The van der Waals surface area contributed by atoms with E-state index in [2.05, 4.69) is 25.9 Å². The molecule has 9 heteroatoms. The topological polar surface area (TPSA) is 114 Å². The molecular formula is C18H17FN6O2. The highest BCUT2D eigenvalue weighted by Crippen LogP contribution is 2.29. The number of anilines is 6. The number of rotatable bonds is 7. The van der Waals surface area contributed by atoms with Crippen molar-refractivity contribution in [1.82, 2.24) is 9.97 Å². The molecule has 0 saturated carbocycles. The average molecular weight is 368 g/mol. The number of aromatic nitrogens is 2. The first-order valence-corrected chi connectivity index (χ1v) is 7.93. The second-order valence-corrected chi connectivity index (χ2v) is 5.44. The number of halogens is 1. The van der Waals surface area contributed by atoms with Crippen molar-refractivity contribution in [3.8, 4) is 5.75 Å². The summed E-state index contributed by atoms with van der Waals surface area (Å²) in [5.74, 6) is -0.0301. The molecule has 27 heavy (non-hydrogen) atoms. The number of carbonyl (C=O) groups excluding carboxylic acids is 1. The van der Waals surface area contributed by atoms with E-state index in [4.69, 9.17) is 10.5 Å². The Morgan fingerprint density at radius 3 is 2.70 bits per heavy atom. The van der Waals surface area contributed by atoms with Crippen molar-refractivity contribution in [1.29, 1.82) is 0 Å². The van der Waals surface area contributed by atoms with Crippen LogP contribution in [-0.4, -0.2) is 23.5 Å². The van der Waals surface area contributed by atoms with Crippen molar-refractivity contribution >= 4 is 41.0 Å². The molecule has 8 nitrogen and oxygen atoms in total. The van der Waals surface area contributed by atoms with Gasteiger partial charge in [0.25, 0.3) is 6.47 Å². The highest BCUT2D eigenvalue weighted by molar-refractivity contribution is 5.69. The first kappa shape index (κ1) is 17.9. The molecule has 0 saturated heterocycles. The molecule has 0 aliphatic heterocycles. The smallest absolute Gasteiger partial charge is 0.298 e. The Bertz CT molecular complexity index is 966. The van der Waals surface area contributed by atoms with E-state index in [-0.39, 0.29) is 11.8 Å². The van der Waals surface area contributed by atoms with Crippen LogP contribution in [0.1, 0.15) is 0 Å². The van der Waals surface area contributed by atoms with Gasteiger partial charge < -0.3 is 26.4 Å². The van der Waals surface area contributed by atoms with E-state index < -0.39 is 5.82 Å². The van der Waals surface area contributed by atoms with E-state index in [0.717, 1.165) is 6.20 Å². The monoisotopic (exact) mass is 368 g/mol. The molecule has 0 radical (unpaired) electrons. The largest absolute Gasteiger partial charge is 0.427 e. The van der Waals surface area contributed by atoms with Crippen molar-refractivity contribution in [3.63, 3.8) is 0 Å². The van der Waals surface area contributed by atoms with Crippen LogP contribution in [0.3, 0.4) is 0 Å². The van der Waals surface area contributed by atoms with Crippen molar-refractivity contribution in [2.24, 2.45) is 0 Å². The Labute approximate surface area is 154 Å². The van der Waals surface area contributed by atoms with Crippen molar-refractivity contribution in [2.45, 2.75) is 0 Å². The summed E-state index contributed by atoms with van der Waals surface area (Å²) in [7, 11) is 1.69. The molecule has 1 heterocycles. The lowest BCUT2D eigenvalue weighted by molar-refractivity contribution is -0.120. The van der Waals surface area contributed by atoms with E-state index in [1.165, 1.54) is 0 Å². The fourth-order valence-corrected chi connectivity index (χ4v) is 2.35. The molecule has 3 rings (SSSR count). The summed E-state index contributed by atoms with van der Waals surface area (Å²) in [5.41, 5.74) is 8.09. The van der Waals surface area contributed by atoms with Gasteiger partial charge in [-0.15, -0.1) is 0 Å². The molecular weight excluding hydrogens is 351 g/mol. The Kier molecular flexibility index (Phi) is 5.31. The van der Waals surface area contributed by atoms with Gasteiger partial charge in [-0.2, -0.15) is 4.98 Å². The number of hydrogen-bond acceptors (Lipinski definition) is 8. The molecule has 5 N–H and O–H groups in total. The molecule has 0 atom stereocenters. The quantitative estimate of drug-likeness (QED) is 0.371. The minimum atomic E-state index is -0.603. The van der Waals surface area contributed by atoms with Crippen LogP contribution in [0.4, 0.5) is 38.9 Å². The maximum Gasteiger partial charge on any atom is 0.298 e. The SMILES string of the molecule is CNc1cc(Nc2ncc(F)c(Nc3cccc(N)c3)n2)ccc1OC=O. The number of carbonyl (C=O) groups is 1. The first-order chi connectivity index (χ1) is 13.1. The minimum absolute atomic E-state index is 0.00727. The molecule has 0 aliphatic rings. The van der Waals surface area contributed by atoms with Crippen LogP contribution in [-0.2, 0) is 4.79 Å². The summed E-state index contributed by atoms with van der Waals surface area (Å²) in [5, 5.41) is 8.76. The standard InChI is InChI=1S/C18H17FN6O2/c1-21-15-8-13(5-6-16(15)27-10-26)24-18-22-9-14(19)17(25-18)23-12-4-2-3-11(20)7-12/h2-10,21H,20H2,1H3,(H2,22,23,24,25). The zero-order chi connectivity index (χ0) is 19.2. The highest BCUT2D eigenvalue weighted by atomic mass is 19.1. The van der Waals surface area contributed by atoms with Gasteiger partial charge >= 0.3 is 0 Å². The van der Waals surface area contributed by atoms with Gasteiger partial charge in [0.2, 0.25) is 5.95 Å². The van der Waals surface area contributed by atoms with E-state index >= 15 is 0 Å². The van der Waals surface area contributed by atoms with Gasteiger partial charge in [0.05, 0.1) is 11.9 Å². The molecule has 0 fully saturated rings. The molecule has 0 amide bonds. The summed E-state index contributed by atoms with van der Waals surface area (Å²) in [4.78, 5) is 18.6. The van der Waals surface area contributed by atoms with Crippen molar-refractivity contribution in [2.75, 3.05) is 28.7 Å². The third kappa shape index (κ3) is 4.40. The molecule has 0 bridgehead atoms. The number of ether oxygens (including phenoxy) is 1. The summed E-state index contributed by atoms with van der Waals surface area (Å²) in [6, 6.07) is 11.9. The van der Waals surface area contributed by atoms with E-state index in [1.807, 2.05) is 0 Å². The van der Waals surface area contributed by atoms with Crippen LogP contribution < -0.4 is 26.4 Å². The van der Waals surface area contributed by atoms with E-state index in [1.54, 1.807) is 49.5 Å². The van der Waals surface area contributed by atoms with Gasteiger partial charge in [0.15, 0.2) is 17.4 Å². The normalized spacial score (nSPS) is 10.1. The summed E-state index contributed by atoms with van der Waals surface area (Å²) in [6.45, 7) is 0.348. The Balaban J connectivity index is 1.82. The summed E-state index contributed by atoms with van der Waals surface area (Å²) < 4.78 is 18.9. The maximum atomic E-state index is 14.0. The van der Waals surface area contributed by atoms with Gasteiger partial charge in [0.1, 0.15) is 0 Å². The van der Waals surface area contributed by atoms with Crippen molar-refractivity contribution in [3.05, 3.63) is 54.5 Å². The second kappa shape index (κ2) is 8.00. The molecule has 3 aromatic rings. The van der Waals surface area contributed by atoms with Crippen LogP contribution in [0.2, 0.25) is 0 Å². The molecule has 138 valence electrons. The van der Waals surface area contributed by atoms with Crippen LogP contribution in [0.5, 0.6) is 5.75 Å². The zero-order valence-electron chi connectivity index (χ0n) is 14.4. The maximum absolute atomic E-state index is 14.0. The Morgan fingerprint density at radius 2 is 1.96 bits per heavy atom.